The van der Waals surface area contributed by atoms with Crippen LogP contribution in [0, 0.1) is 20.2 Å². The van der Waals surface area contributed by atoms with Crippen molar-refractivity contribution in [2.24, 2.45) is 5.16 Å². The minimum Gasteiger partial charge on any atom is -0.298 e. The molecule has 1 saturated carbocycles. The van der Waals surface area contributed by atoms with Crippen LogP contribution in [0.3, 0.4) is 0 Å². The van der Waals surface area contributed by atoms with E-state index in [1.54, 1.807) is 0 Å². The number of nitro benzene ring substituents is 2. The van der Waals surface area contributed by atoms with Gasteiger partial charge in [0.2, 0.25) is 0 Å². The average molecular weight is 466 g/mol. The predicted octanol–water partition coefficient (Wildman–Crippen LogP) is 5.78. The molecule has 2 aromatic carbocycles. The van der Waals surface area contributed by atoms with E-state index in [0.717, 1.165) is 30.3 Å². The molecule has 0 unspecified atom stereocenters. The highest BCUT2D eigenvalue weighted by Crippen LogP contribution is 2.38. The molecule has 0 saturated heterocycles. The molecule has 3 rings (SSSR count). The quantitative estimate of drug-likeness (QED) is 0.337. The second kappa shape index (κ2) is 9.63. The number of non-ortho nitro benzene ring substituents is 1. The van der Waals surface area contributed by atoms with Crippen molar-refractivity contribution in [1.29, 1.82) is 0 Å². The molecule has 1 atom stereocenters. The molecule has 1 aliphatic rings. The van der Waals surface area contributed by atoms with Gasteiger partial charge in [-0.25, -0.2) is 4.79 Å². The molecule has 2 aromatic rings. The Labute approximate surface area is 184 Å². The molecule has 33 heavy (non-hydrogen) atoms. The van der Waals surface area contributed by atoms with Gasteiger partial charge in [0.15, 0.2) is 0 Å². The van der Waals surface area contributed by atoms with E-state index < -0.39 is 45.0 Å². The third-order valence-electron chi connectivity index (χ3n) is 5.06. The smallest absolute Gasteiger partial charge is 0.298 e. The highest BCUT2D eigenvalue weighted by Gasteiger charge is 2.32. The van der Waals surface area contributed by atoms with E-state index in [9.17, 15) is 38.2 Å². The van der Waals surface area contributed by atoms with Gasteiger partial charge >= 0.3 is 12.3 Å². The summed E-state index contributed by atoms with van der Waals surface area (Å²) in [4.78, 5) is 37.8. The summed E-state index contributed by atoms with van der Waals surface area (Å²) in [6.45, 7) is 0. The van der Waals surface area contributed by atoms with Crippen LogP contribution in [0.4, 0.5) is 35.0 Å². The molecule has 13 heteroatoms. The van der Waals surface area contributed by atoms with Crippen molar-refractivity contribution in [2.75, 3.05) is 5.32 Å². The SMILES string of the molecule is O=C(Nc1cccc(C(F)(F)F)c1)O/N=C1/CCCC[C@H]1c1ccc([N+](=O)[O-])cc1[N+](=O)[O-]. The van der Waals surface area contributed by atoms with Gasteiger partial charge in [-0.3, -0.25) is 30.4 Å². The Balaban J connectivity index is 1.80. The second-order valence-electron chi connectivity index (χ2n) is 7.22. The number of anilines is 1. The highest BCUT2D eigenvalue weighted by molar-refractivity contribution is 5.93. The predicted molar refractivity (Wildman–Crippen MR) is 110 cm³/mol. The fourth-order valence-electron chi connectivity index (χ4n) is 3.55. The number of halogens is 3. The average Bonchev–Trinajstić information content (AvgIpc) is 2.77. The van der Waals surface area contributed by atoms with Crippen molar-refractivity contribution in [3.8, 4) is 0 Å². The molecular weight excluding hydrogens is 449 g/mol. The summed E-state index contributed by atoms with van der Waals surface area (Å²) in [5, 5.41) is 28.4. The first-order valence-corrected chi connectivity index (χ1v) is 9.71. The zero-order valence-electron chi connectivity index (χ0n) is 16.9. The zero-order valence-corrected chi connectivity index (χ0v) is 16.9. The Morgan fingerprint density at radius 2 is 1.85 bits per heavy atom. The number of carbonyl (C=O) groups is 1. The lowest BCUT2D eigenvalue weighted by Gasteiger charge is -2.23. The lowest BCUT2D eigenvalue weighted by Crippen LogP contribution is -2.21. The molecule has 0 aromatic heterocycles. The molecule has 0 spiro atoms. The molecular formula is C20H17F3N4O6. The number of oxime groups is 1. The number of alkyl halides is 3. The van der Waals surface area contributed by atoms with E-state index in [0.29, 0.717) is 31.4 Å². The molecule has 174 valence electrons. The number of nitrogens with zero attached hydrogens (tertiary/aromatic N) is 3. The van der Waals surface area contributed by atoms with Gasteiger partial charge in [0.05, 0.1) is 27.2 Å². The van der Waals surface area contributed by atoms with Crippen molar-refractivity contribution in [1.82, 2.24) is 0 Å². The van der Waals surface area contributed by atoms with Crippen LogP contribution in [-0.4, -0.2) is 21.7 Å². The number of hydrogen-bond donors (Lipinski definition) is 1. The number of nitrogens with one attached hydrogen (secondary N) is 1. The summed E-state index contributed by atoms with van der Waals surface area (Å²) >= 11 is 0. The maximum Gasteiger partial charge on any atom is 0.437 e. The van der Waals surface area contributed by atoms with Crippen molar-refractivity contribution in [2.45, 2.75) is 37.8 Å². The Morgan fingerprint density at radius 1 is 1.09 bits per heavy atom. The van der Waals surface area contributed by atoms with Crippen LogP contribution >= 0.6 is 0 Å². The van der Waals surface area contributed by atoms with Crippen molar-refractivity contribution >= 4 is 28.9 Å². The third kappa shape index (κ3) is 5.81. The Bertz CT molecular complexity index is 1120. The van der Waals surface area contributed by atoms with Crippen molar-refractivity contribution in [3.63, 3.8) is 0 Å². The van der Waals surface area contributed by atoms with Crippen LogP contribution < -0.4 is 5.32 Å². The normalized spacial score (nSPS) is 17.4. The summed E-state index contributed by atoms with van der Waals surface area (Å²) in [5.74, 6) is -0.610. The van der Waals surface area contributed by atoms with E-state index in [2.05, 4.69) is 10.5 Å². The van der Waals surface area contributed by atoms with Crippen LogP contribution in [-0.2, 0) is 11.0 Å². The fraction of sp³-hybridized carbons (Fsp3) is 0.300. The fourth-order valence-corrected chi connectivity index (χ4v) is 3.55. The number of carbonyl (C=O) groups excluding carboxylic acids is 1. The van der Waals surface area contributed by atoms with E-state index >= 15 is 0 Å². The maximum absolute atomic E-state index is 12.8. The zero-order chi connectivity index (χ0) is 24.2. The van der Waals surface area contributed by atoms with Crippen molar-refractivity contribution < 1.29 is 32.6 Å². The molecule has 0 aliphatic heterocycles. The van der Waals surface area contributed by atoms with E-state index in [1.807, 2.05) is 0 Å². The molecule has 0 bridgehead atoms. The Morgan fingerprint density at radius 3 is 2.52 bits per heavy atom. The first-order chi connectivity index (χ1) is 15.6. The Hall–Kier alpha value is -4.03. The molecule has 1 N–H and O–H groups in total. The monoisotopic (exact) mass is 466 g/mol. The number of rotatable bonds is 5. The number of hydrogen-bond acceptors (Lipinski definition) is 7. The molecule has 10 nitrogen and oxygen atoms in total. The molecule has 1 aliphatic carbocycles. The van der Waals surface area contributed by atoms with Crippen LogP contribution in [0.25, 0.3) is 0 Å². The summed E-state index contributed by atoms with van der Waals surface area (Å²) in [7, 11) is 0. The number of benzene rings is 2. The van der Waals surface area contributed by atoms with Gasteiger partial charge in [0.1, 0.15) is 0 Å². The van der Waals surface area contributed by atoms with Crippen LogP contribution in [0.15, 0.2) is 47.6 Å². The van der Waals surface area contributed by atoms with E-state index in [4.69, 9.17) is 4.84 Å². The van der Waals surface area contributed by atoms with Gasteiger partial charge in [-0.05, 0) is 43.5 Å². The van der Waals surface area contributed by atoms with Gasteiger partial charge < -0.3 is 0 Å². The van der Waals surface area contributed by atoms with Crippen LogP contribution in [0.5, 0.6) is 0 Å². The number of nitro groups is 2. The summed E-state index contributed by atoms with van der Waals surface area (Å²) in [6.07, 6.45) is -3.55. The van der Waals surface area contributed by atoms with Gasteiger partial charge in [-0.15, -0.1) is 0 Å². The van der Waals surface area contributed by atoms with Gasteiger partial charge in [0, 0.05) is 23.2 Å². The van der Waals surface area contributed by atoms with Gasteiger partial charge in [-0.1, -0.05) is 17.6 Å². The molecule has 1 amide bonds. The molecule has 1 fully saturated rings. The highest BCUT2D eigenvalue weighted by atomic mass is 19.4. The first kappa shape index (κ1) is 23.6. The number of amides is 1. The topological polar surface area (TPSA) is 137 Å². The van der Waals surface area contributed by atoms with Gasteiger partial charge in [0.25, 0.3) is 11.4 Å². The van der Waals surface area contributed by atoms with E-state index in [-0.39, 0.29) is 11.3 Å². The minimum absolute atomic E-state index is 0.152. The van der Waals surface area contributed by atoms with Crippen LogP contribution in [0.2, 0.25) is 0 Å². The standard InChI is InChI=1S/C20H17F3N4O6/c21-20(22,23)12-4-3-5-13(10-12)24-19(28)33-25-17-7-2-1-6-15(17)16-9-8-14(26(29)30)11-18(16)27(31)32/h3-5,8-11,15H,1-2,6-7H2,(H,24,28)/b25-17-/t15-/m0/s1. The molecule has 0 heterocycles. The summed E-state index contributed by atoms with van der Waals surface area (Å²) < 4.78 is 38.4. The van der Waals surface area contributed by atoms with E-state index in [1.165, 1.54) is 12.1 Å². The molecule has 0 radical (unpaired) electrons. The van der Waals surface area contributed by atoms with Crippen molar-refractivity contribution in [3.05, 3.63) is 73.8 Å². The lowest BCUT2D eigenvalue weighted by molar-refractivity contribution is -0.394. The first-order valence-electron chi connectivity index (χ1n) is 9.71. The minimum atomic E-state index is -4.59. The maximum atomic E-state index is 12.8. The third-order valence-corrected chi connectivity index (χ3v) is 5.06. The lowest BCUT2D eigenvalue weighted by atomic mass is 9.81. The second-order valence-corrected chi connectivity index (χ2v) is 7.22. The largest absolute Gasteiger partial charge is 0.437 e. The Kier molecular flexibility index (Phi) is 6.89. The van der Waals surface area contributed by atoms with Gasteiger partial charge in [-0.2, -0.15) is 13.2 Å². The summed E-state index contributed by atoms with van der Waals surface area (Å²) in [6, 6.07) is 7.24. The summed E-state index contributed by atoms with van der Waals surface area (Å²) in [5.41, 5.74) is -1.47. The van der Waals surface area contributed by atoms with Crippen LogP contribution in [0.1, 0.15) is 42.7 Å².